The summed E-state index contributed by atoms with van der Waals surface area (Å²) in [5, 5.41) is 0. The van der Waals surface area contributed by atoms with Gasteiger partial charge in [-0.3, -0.25) is 0 Å². The fraction of sp³-hybridized carbons (Fsp3) is 0.667. The van der Waals surface area contributed by atoms with E-state index in [2.05, 4.69) is 24.5 Å². The van der Waals surface area contributed by atoms with E-state index in [4.69, 9.17) is 0 Å². The third kappa shape index (κ3) is 3.15. The second-order valence-corrected chi connectivity index (χ2v) is 10.5. The molecule has 0 unspecified atom stereocenters. The van der Waals surface area contributed by atoms with Gasteiger partial charge in [0.1, 0.15) is 0 Å². The Hall–Kier alpha value is 0.539. The summed E-state index contributed by atoms with van der Waals surface area (Å²) in [5.41, 5.74) is 0. The Morgan fingerprint density at radius 3 is 1.86 bits per heavy atom. The van der Waals surface area contributed by atoms with Crippen molar-refractivity contribution >= 4 is 19.8 Å². The molecule has 0 rings (SSSR count). The molecule has 0 fully saturated rings. The van der Waals surface area contributed by atoms with E-state index in [1.54, 1.807) is 0 Å². The van der Waals surface area contributed by atoms with Gasteiger partial charge in [0.15, 0.2) is 0 Å². The molecule has 0 aromatic rings. The van der Waals surface area contributed by atoms with E-state index in [0.29, 0.717) is 0 Å². The van der Waals surface area contributed by atoms with Gasteiger partial charge in [0.25, 0.3) is 0 Å². The molecule has 0 saturated heterocycles. The fourth-order valence-electron chi connectivity index (χ4n) is 0.539. The van der Waals surface area contributed by atoms with Crippen molar-refractivity contribution in [3.8, 4) is 0 Å². The van der Waals surface area contributed by atoms with E-state index in [1.807, 2.05) is 0 Å². The molecule has 7 heavy (non-hydrogen) atoms. The van der Waals surface area contributed by atoms with Crippen molar-refractivity contribution in [1.29, 1.82) is 0 Å². The average Bonchev–Trinajstić information content (AvgIpc) is 1.72. The third-order valence-corrected chi connectivity index (χ3v) is 8.03. The van der Waals surface area contributed by atoms with Gasteiger partial charge < -0.3 is 0 Å². The van der Waals surface area contributed by atoms with Crippen molar-refractivity contribution in [3.05, 3.63) is 10.7 Å². The minimum absolute atomic E-state index is 0.889. The molecular weight excluding hydrogens is 191 g/mol. The summed E-state index contributed by atoms with van der Waals surface area (Å²) >= 11 is -0.889. The first kappa shape index (κ1) is 7.54. The number of rotatable bonds is 3. The van der Waals surface area contributed by atoms with Crippen LogP contribution in [0.5, 0.6) is 0 Å². The van der Waals surface area contributed by atoms with E-state index in [0.717, 1.165) is 0 Å². The average molecular weight is 204 g/mol. The number of hydrogen-bond donors (Lipinski definition) is 0. The molecule has 0 aliphatic rings. The molecule has 1 heteroatoms. The molecule has 0 atom stereocenters. The maximum absolute atomic E-state index is 3.79. The van der Waals surface area contributed by atoms with Crippen LogP contribution in [0, 0.1) is 0 Å². The van der Waals surface area contributed by atoms with Gasteiger partial charge in [-0.25, -0.2) is 0 Å². The Bertz CT molecular complexity index is 46.1. The monoisotopic (exact) mass is 205 g/mol. The molecule has 0 radical (unpaired) electrons. The molecule has 0 aromatic heterocycles. The summed E-state index contributed by atoms with van der Waals surface area (Å²) in [6, 6.07) is 0. The van der Waals surface area contributed by atoms with Crippen LogP contribution >= 0.6 is 0 Å². The second-order valence-electron chi connectivity index (χ2n) is 1.57. The summed E-state index contributed by atoms with van der Waals surface area (Å²) in [6.45, 7) is 8.35. The normalized spacial score (nSPS) is 8.29. The molecule has 40 valence electrons. The topological polar surface area (TPSA) is 0 Å². The Morgan fingerprint density at radius 2 is 1.86 bits per heavy atom. The van der Waals surface area contributed by atoms with Crippen LogP contribution in [0.25, 0.3) is 0 Å². The van der Waals surface area contributed by atoms with Crippen LogP contribution in [-0.2, 0) is 0 Å². The van der Waals surface area contributed by atoms with Crippen molar-refractivity contribution in [2.24, 2.45) is 0 Å². The van der Waals surface area contributed by atoms with Gasteiger partial charge in [-0.15, -0.1) is 0 Å². The zero-order valence-corrected chi connectivity index (χ0v) is 8.05. The Balaban J connectivity index is 3.16. The summed E-state index contributed by atoms with van der Waals surface area (Å²) in [6.07, 6.45) is 0. The molecular formula is C6H13Sn+. The Kier molecular flexibility index (Phi) is 5.05. The number of hydrogen-bond acceptors (Lipinski definition) is 0. The second kappa shape index (κ2) is 4.69. The van der Waals surface area contributed by atoms with Gasteiger partial charge in [0, 0.05) is 0 Å². The minimum atomic E-state index is -0.889. The maximum atomic E-state index is 3.79. The van der Waals surface area contributed by atoms with Crippen LogP contribution in [0.3, 0.4) is 0 Å². The quantitative estimate of drug-likeness (QED) is 0.618. The van der Waals surface area contributed by atoms with Crippen LogP contribution in [0.2, 0.25) is 8.87 Å². The van der Waals surface area contributed by atoms with Gasteiger partial charge in [0.05, 0.1) is 0 Å². The predicted molar refractivity (Wildman–Crippen MR) is 36.9 cm³/mol. The first-order valence-electron chi connectivity index (χ1n) is 2.82. The van der Waals surface area contributed by atoms with Gasteiger partial charge in [-0.05, 0) is 0 Å². The first-order chi connectivity index (χ1) is 3.35. The molecule has 0 spiro atoms. The van der Waals surface area contributed by atoms with E-state index in [-0.39, 0.29) is 0 Å². The third-order valence-electron chi connectivity index (χ3n) is 1.20. The van der Waals surface area contributed by atoms with Gasteiger partial charge in [-0.2, -0.15) is 0 Å². The molecule has 0 N–H and O–H groups in total. The van der Waals surface area contributed by atoms with Crippen molar-refractivity contribution in [3.63, 3.8) is 0 Å². The van der Waals surface area contributed by atoms with Crippen LogP contribution < -0.4 is 0 Å². The summed E-state index contributed by atoms with van der Waals surface area (Å²) in [7, 11) is 0. The van der Waals surface area contributed by atoms with E-state index >= 15 is 0 Å². The van der Waals surface area contributed by atoms with Crippen molar-refractivity contribution in [2.75, 3.05) is 0 Å². The molecule has 0 heterocycles. The summed E-state index contributed by atoms with van der Waals surface area (Å²) in [4.78, 5) is 0. The zero-order valence-electron chi connectivity index (χ0n) is 5.20. The van der Waals surface area contributed by atoms with Crippen LogP contribution in [0.1, 0.15) is 13.8 Å². The van der Waals surface area contributed by atoms with Gasteiger partial charge in [-0.1, -0.05) is 0 Å². The molecule has 0 amide bonds. The summed E-state index contributed by atoms with van der Waals surface area (Å²) < 4.78 is 5.09. The standard InChI is InChI=1S/2C2H5.C2H3.Sn/c3*1-2;/h2*1H2,2H3;1H,2H2;/q;;;+1. The van der Waals surface area contributed by atoms with E-state index in [9.17, 15) is 0 Å². The predicted octanol–water partition coefficient (Wildman–Crippen LogP) is 2.25. The van der Waals surface area contributed by atoms with Gasteiger partial charge >= 0.3 is 53.2 Å². The Labute approximate surface area is 53.4 Å². The van der Waals surface area contributed by atoms with E-state index in [1.165, 1.54) is 8.87 Å². The molecule has 0 nitrogen and oxygen atoms in total. The van der Waals surface area contributed by atoms with Crippen LogP contribution in [0.4, 0.5) is 0 Å². The molecule has 0 bridgehead atoms. The fourth-order valence-corrected chi connectivity index (χ4v) is 3.61. The SMILES string of the molecule is C=[CH][Sn+]([CH2]C)[CH2]C. The van der Waals surface area contributed by atoms with Crippen LogP contribution in [0.15, 0.2) is 10.7 Å². The van der Waals surface area contributed by atoms with Gasteiger partial charge in [0.2, 0.25) is 0 Å². The van der Waals surface area contributed by atoms with E-state index < -0.39 is 19.8 Å². The molecule has 0 saturated carbocycles. The van der Waals surface area contributed by atoms with Crippen molar-refractivity contribution in [2.45, 2.75) is 22.7 Å². The van der Waals surface area contributed by atoms with Crippen molar-refractivity contribution < 1.29 is 0 Å². The Morgan fingerprint density at radius 1 is 1.43 bits per heavy atom. The summed E-state index contributed by atoms with van der Waals surface area (Å²) in [5.74, 6) is 0. The first-order valence-corrected chi connectivity index (χ1v) is 8.50. The molecule has 0 aliphatic heterocycles. The molecule has 0 aliphatic carbocycles. The van der Waals surface area contributed by atoms with Crippen molar-refractivity contribution in [1.82, 2.24) is 0 Å². The molecule has 0 aromatic carbocycles. The van der Waals surface area contributed by atoms with Crippen LogP contribution in [-0.4, -0.2) is 19.8 Å². The zero-order chi connectivity index (χ0) is 5.70.